The van der Waals surface area contributed by atoms with Gasteiger partial charge < -0.3 is 10.1 Å². The van der Waals surface area contributed by atoms with Crippen molar-refractivity contribution in [1.82, 2.24) is 4.98 Å². The molecule has 1 aliphatic rings. The molecule has 0 bridgehead atoms. The van der Waals surface area contributed by atoms with E-state index in [1.54, 1.807) is 0 Å². The molecule has 1 aromatic rings. The van der Waals surface area contributed by atoms with Gasteiger partial charge in [0.05, 0.1) is 18.4 Å². The van der Waals surface area contributed by atoms with Crippen molar-refractivity contribution in [2.24, 2.45) is 11.8 Å². The van der Waals surface area contributed by atoms with Crippen molar-refractivity contribution in [1.29, 1.82) is 0 Å². The number of hydrogen-bond donors (Lipinski definition) is 1. The van der Waals surface area contributed by atoms with Gasteiger partial charge in [0, 0.05) is 18.9 Å². The Hall–Kier alpha value is -1.09. The largest absolute Gasteiger partial charge is 0.388 e. The molecule has 2 unspecified atom stereocenters. The Kier molecular flexibility index (Phi) is 4.59. The number of pyridine rings is 1. The van der Waals surface area contributed by atoms with Gasteiger partial charge in [-0.3, -0.25) is 4.98 Å². The van der Waals surface area contributed by atoms with Crippen LogP contribution in [0.15, 0.2) is 18.3 Å². The predicted octanol–water partition coefficient (Wildman–Crippen LogP) is 3.46. The molecule has 0 aromatic carbocycles. The van der Waals surface area contributed by atoms with E-state index in [1.165, 1.54) is 19.3 Å². The summed E-state index contributed by atoms with van der Waals surface area (Å²) in [6.07, 6.45) is 5.96. The SMILES string of the molecule is CNc1ccnc(COC2CC(C)CC(C)C2)c1. The van der Waals surface area contributed by atoms with Gasteiger partial charge in [0.2, 0.25) is 0 Å². The van der Waals surface area contributed by atoms with Gasteiger partial charge in [0.25, 0.3) is 0 Å². The molecule has 1 aliphatic carbocycles. The molecule has 1 aromatic heterocycles. The maximum atomic E-state index is 6.02. The van der Waals surface area contributed by atoms with Crippen molar-refractivity contribution < 1.29 is 4.74 Å². The Morgan fingerprint density at radius 1 is 1.28 bits per heavy atom. The van der Waals surface area contributed by atoms with E-state index in [0.717, 1.165) is 23.2 Å². The molecule has 2 rings (SSSR count). The summed E-state index contributed by atoms with van der Waals surface area (Å²) < 4.78 is 6.02. The van der Waals surface area contributed by atoms with Crippen LogP contribution in [0.4, 0.5) is 5.69 Å². The second kappa shape index (κ2) is 6.19. The Balaban J connectivity index is 1.86. The van der Waals surface area contributed by atoms with Crippen LogP contribution in [0.3, 0.4) is 0 Å². The van der Waals surface area contributed by atoms with Crippen molar-refractivity contribution in [3.05, 3.63) is 24.0 Å². The molecule has 0 radical (unpaired) electrons. The van der Waals surface area contributed by atoms with Crippen molar-refractivity contribution in [3.8, 4) is 0 Å². The normalized spacial score (nSPS) is 28.1. The fourth-order valence-electron chi connectivity index (χ4n) is 2.93. The lowest BCUT2D eigenvalue weighted by molar-refractivity contribution is -0.0104. The lowest BCUT2D eigenvalue weighted by Gasteiger charge is -2.31. The van der Waals surface area contributed by atoms with Gasteiger partial charge in [-0.15, -0.1) is 0 Å². The standard InChI is InChI=1S/C15H24N2O/c1-11-6-12(2)8-15(7-11)18-10-14-9-13(16-3)4-5-17-14/h4-5,9,11-12,15H,6-8,10H2,1-3H3,(H,16,17). The molecule has 1 N–H and O–H groups in total. The van der Waals surface area contributed by atoms with E-state index in [0.29, 0.717) is 12.7 Å². The van der Waals surface area contributed by atoms with Crippen LogP contribution < -0.4 is 5.32 Å². The summed E-state index contributed by atoms with van der Waals surface area (Å²) in [6.45, 7) is 5.28. The van der Waals surface area contributed by atoms with Crippen molar-refractivity contribution >= 4 is 5.69 Å². The summed E-state index contributed by atoms with van der Waals surface area (Å²) in [7, 11) is 1.92. The first-order valence-corrected chi connectivity index (χ1v) is 6.91. The lowest BCUT2D eigenvalue weighted by atomic mass is 9.82. The van der Waals surface area contributed by atoms with Gasteiger partial charge in [-0.25, -0.2) is 0 Å². The minimum atomic E-state index is 0.406. The van der Waals surface area contributed by atoms with Gasteiger partial charge in [-0.2, -0.15) is 0 Å². The first-order chi connectivity index (χ1) is 8.67. The van der Waals surface area contributed by atoms with Crippen LogP contribution in [0.1, 0.15) is 38.8 Å². The van der Waals surface area contributed by atoms with E-state index in [4.69, 9.17) is 4.74 Å². The molecule has 1 fully saturated rings. The molecule has 18 heavy (non-hydrogen) atoms. The molecule has 100 valence electrons. The number of rotatable bonds is 4. The lowest BCUT2D eigenvalue weighted by Crippen LogP contribution is -2.26. The van der Waals surface area contributed by atoms with Gasteiger partial charge >= 0.3 is 0 Å². The predicted molar refractivity (Wildman–Crippen MR) is 74.5 cm³/mol. The smallest absolute Gasteiger partial charge is 0.0892 e. The Labute approximate surface area is 110 Å². The van der Waals surface area contributed by atoms with Crippen molar-refractivity contribution in [3.63, 3.8) is 0 Å². The number of ether oxygens (including phenoxy) is 1. The quantitative estimate of drug-likeness (QED) is 0.886. The first kappa shape index (κ1) is 13.3. The summed E-state index contributed by atoms with van der Waals surface area (Å²) in [5, 5.41) is 3.12. The van der Waals surface area contributed by atoms with Crippen molar-refractivity contribution in [2.75, 3.05) is 12.4 Å². The molecule has 2 atom stereocenters. The van der Waals surface area contributed by atoms with Crippen LogP contribution in [0, 0.1) is 11.8 Å². The number of nitrogens with one attached hydrogen (secondary N) is 1. The number of hydrogen-bond acceptors (Lipinski definition) is 3. The van der Waals surface area contributed by atoms with E-state index >= 15 is 0 Å². The number of anilines is 1. The fourth-order valence-corrected chi connectivity index (χ4v) is 2.93. The molecule has 0 spiro atoms. The molecule has 1 saturated carbocycles. The van der Waals surface area contributed by atoms with E-state index in [2.05, 4.69) is 30.2 Å². The third-order valence-electron chi connectivity index (χ3n) is 3.71. The summed E-state index contributed by atoms with van der Waals surface area (Å²) in [4.78, 5) is 4.34. The third kappa shape index (κ3) is 3.70. The Bertz CT molecular complexity index is 371. The zero-order valence-electron chi connectivity index (χ0n) is 11.6. The summed E-state index contributed by atoms with van der Waals surface area (Å²) in [6, 6.07) is 4.02. The van der Waals surface area contributed by atoms with E-state index in [-0.39, 0.29) is 0 Å². The molecule has 0 aliphatic heterocycles. The summed E-state index contributed by atoms with van der Waals surface area (Å²) in [5.74, 6) is 1.57. The van der Waals surface area contributed by atoms with E-state index < -0.39 is 0 Å². The number of nitrogens with zero attached hydrogens (tertiary/aromatic N) is 1. The minimum absolute atomic E-state index is 0.406. The van der Waals surface area contributed by atoms with Gasteiger partial charge in [0.1, 0.15) is 0 Å². The average molecular weight is 248 g/mol. The highest BCUT2D eigenvalue weighted by molar-refractivity contribution is 5.42. The first-order valence-electron chi connectivity index (χ1n) is 6.91. The number of aromatic nitrogens is 1. The van der Waals surface area contributed by atoms with Gasteiger partial charge in [0.15, 0.2) is 0 Å². The molecular weight excluding hydrogens is 224 g/mol. The van der Waals surface area contributed by atoms with E-state index in [1.807, 2.05) is 19.3 Å². The van der Waals surface area contributed by atoms with E-state index in [9.17, 15) is 0 Å². The van der Waals surface area contributed by atoms with Gasteiger partial charge in [-0.1, -0.05) is 13.8 Å². The monoisotopic (exact) mass is 248 g/mol. The van der Waals surface area contributed by atoms with Crippen LogP contribution in [0.2, 0.25) is 0 Å². The van der Waals surface area contributed by atoms with Crippen LogP contribution in [-0.2, 0) is 11.3 Å². The molecular formula is C15H24N2O. The molecule has 3 nitrogen and oxygen atoms in total. The Morgan fingerprint density at radius 3 is 2.67 bits per heavy atom. The average Bonchev–Trinajstić information content (AvgIpc) is 2.35. The minimum Gasteiger partial charge on any atom is -0.388 e. The zero-order valence-corrected chi connectivity index (χ0v) is 11.6. The Morgan fingerprint density at radius 2 is 2.00 bits per heavy atom. The topological polar surface area (TPSA) is 34.2 Å². The molecule has 0 amide bonds. The second-order valence-corrected chi connectivity index (χ2v) is 5.64. The molecule has 0 saturated heterocycles. The zero-order chi connectivity index (χ0) is 13.0. The highest BCUT2D eigenvalue weighted by atomic mass is 16.5. The van der Waals surface area contributed by atoms with Crippen LogP contribution in [-0.4, -0.2) is 18.1 Å². The van der Waals surface area contributed by atoms with Crippen LogP contribution in [0.5, 0.6) is 0 Å². The third-order valence-corrected chi connectivity index (χ3v) is 3.71. The van der Waals surface area contributed by atoms with Crippen molar-refractivity contribution in [2.45, 2.75) is 45.8 Å². The summed E-state index contributed by atoms with van der Waals surface area (Å²) >= 11 is 0. The maximum absolute atomic E-state index is 6.02. The highest BCUT2D eigenvalue weighted by Crippen LogP contribution is 2.30. The van der Waals surface area contributed by atoms with Crippen LogP contribution >= 0.6 is 0 Å². The maximum Gasteiger partial charge on any atom is 0.0892 e. The molecule has 1 heterocycles. The fraction of sp³-hybridized carbons (Fsp3) is 0.667. The second-order valence-electron chi connectivity index (χ2n) is 5.64. The van der Waals surface area contributed by atoms with Gasteiger partial charge in [-0.05, 0) is 43.2 Å². The summed E-state index contributed by atoms with van der Waals surface area (Å²) in [5.41, 5.74) is 2.10. The van der Waals surface area contributed by atoms with Crippen LogP contribution in [0.25, 0.3) is 0 Å². The highest BCUT2D eigenvalue weighted by Gasteiger charge is 2.24. The molecule has 3 heteroatoms.